The van der Waals surface area contributed by atoms with Gasteiger partial charge in [-0.05, 0) is 5.92 Å². The first-order valence-corrected chi connectivity index (χ1v) is 5.11. The number of hydrogen-bond acceptors (Lipinski definition) is 3. The molecule has 0 bridgehead atoms. The van der Waals surface area contributed by atoms with Crippen LogP contribution in [0.15, 0.2) is 23.3 Å². The second-order valence-corrected chi connectivity index (χ2v) is 4.08. The van der Waals surface area contributed by atoms with Crippen LogP contribution in [0.3, 0.4) is 0 Å². The van der Waals surface area contributed by atoms with Gasteiger partial charge in [-0.2, -0.15) is 0 Å². The number of aromatic amines is 1. The van der Waals surface area contributed by atoms with E-state index in [-0.39, 0.29) is 5.56 Å². The average molecular weight is 221 g/mol. The molecule has 4 nitrogen and oxygen atoms in total. The number of nitrogens with one attached hydrogen (secondary N) is 1. The molecule has 0 aromatic carbocycles. The van der Waals surface area contributed by atoms with Gasteiger partial charge < -0.3 is 0 Å². The van der Waals surface area contributed by atoms with Gasteiger partial charge in [-0.3, -0.25) is 14.2 Å². The summed E-state index contributed by atoms with van der Waals surface area (Å²) >= 11 is 5.15. The van der Waals surface area contributed by atoms with Crippen LogP contribution in [0.5, 0.6) is 0 Å². The lowest BCUT2D eigenvalue weighted by Crippen LogP contribution is -2.09. The number of nitrogens with zero attached hydrogens (tertiary/aromatic N) is 2. The summed E-state index contributed by atoms with van der Waals surface area (Å²) in [6.45, 7) is 4.12. The fourth-order valence-corrected chi connectivity index (χ4v) is 1.76. The van der Waals surface area contributed by atoms with E-state index in [1.165, 1.54) is 6.07 Å². The second kappa shape index (κ2) is 3.58. The van der Waals surface area contributed by atoms with Crippen molar-refractivity contribution in [1.82, 2.24) is 14.4 Å². The topological polar surface area (TPSA) is 50.2 Å². The maximum Gasteiger partial charge on any atom is 0.252 e. The van der Waals surface area contributed by atoms with Gasteiger partial charge in [0, 0.05) is 24.0 Å². The van der Waals surface area contributed by atoms with Gasteiger partial charge >= 0.3 is 0 Å². The van der Waals surface area contributed by atoms with Crippen molar-refractivity contribution in [2.75, 3.05) is 0 Å². The monoisotopic (exact) mass is 221 g/mol. The predicted octanol–water partition coefficient (Wildman–Crippen LogP) is 1.88. The molecular weight excluding hydrogens is 210 g/mol. The smallest absolute Gasteiger partial charge is 0.252 e. The van der Waals surface area contributed by atoms with Crippen molar-refractivity contribution in [3.63, 3.8) is 0 Å². The first-order chi connectivity index (χ1) is 7.08. The van der Waals surface area contributed by atoms with Crippen molar-refractivity contribution < 1.29 is 0 Å². The summed E-state index contributed by atoms with van der Waals surface area (Å²) in [4.78, 5) is 17.9. The number of fused-ring (bicyclic) bond motifs is 1. The Bertz CT molecular complexity index is 612. The fourth-order valence-electron chi connectivity index (χ4n) is 1.39. The molecule has 5 heteroatoms. The minimum atomic E-state index is -0.172. The first-order valence-electron chi connectivity index (χ1n) is 4.70. The van der Waals surface area contributed by atoms with Crippen molar-refractivity contribution in [1.29, 1.82) is 0 Å². The zero-order chi connectivity index (χ0) is 11.0. The molecular formula is C10H11N3OS. The molecule has 0 saturated heterocycles. The first kappa shape index (κ1) is 10.0. The van der Waals surface area contributed by atoms with Crippen LogP contribution in [-0.4, -0.2) is 14.4 Å². The minimum absolute atomic E-state index is 0.172. The van der Waals surface area contributed by atoms with E-state index in [1.54, 1.807) is 10.6 Å². The summed E-state index contributed by atoms with van der Waals surface area (Å²) in [6, 6.07) is 1.46. The normalized spacial score (nSPS) is 11.1. The minimum Gasteiger partial charge on any atom is -0.294 e. The van der Waals surface area contributed by atoms with Gasteiger partial charge in [0.1, 0.15) is 4.64 Å². The molecule has 2 rings (SSSR count). The summed E-state index contributed by atoms with van der Waals surface area (Å²) in [5.41, 5.74) is 0.837. The SMILES string of the molecule is CC(C)c1cn2ccc(=O)[nH]c2nc1=S. The Hall–Kier alpha value is -1.49. The van der Waals surface area contributed by atoms with Gasteiger partial charge in [-0.1, -0.05) is 26.1 Å². The van der Waals surface area contributed by atoms with Crippen LogP contribution in [0.2, 0.25) is 0 Å². The fraction of sp³-hybridized carbons (Fsp3) is 0.300. The maximum absolute atomic E-state index is 11.1. The van der Waals surface area contributed by atoms with Gasteiger partial charge in [-0.15, -0.1) is 0 Å². The predicted molar refractivity (Wildman–Crippen MR) is 60.7 cm³/mol. The van der Waals surface area contributed by atoms with E-state index < -0.39 is 0 Å². The highest BCUT2D eigenvalue weighted by Gasteiger charge is 2.04. The van der Waals surface area contributed by atoms with Gasteiger partial charge in [0.2, 0.25) is 5.78 Å². The molecule has 0 radical (unpaired) electrons. The maximum atomic E-state index is 11.1. The van der Waals surface area contributed by atoms with E-state index in [0.29, 0.717) is 16.3 Å². The Morgan fingerprint density at radius 1 is 1.53 bits per heavy atom. The number of aromatic nitrogens is 3. The molecule has 2 aromatic heterocycles. The van der Waals surface area contributed by atoms with E-state index in [2.05, 4.69) is 23.8 Å². The zero-order valence-corrected chi connectivity index (χ0v) is 9.34. The molecule has 78 valence electrons. The Morgan fingerprint density at radius 3 is 2.93 bits per heavy atom. The second-order valence-electron chi connectivity index (χ2n) is 3.69. The summed E-state index contributed by atoms with van der Waals surface area (Å²) in [6.07, 6.45) is 3.59. The van der Waals surface area contributed by atoms with Crippen molar-refractivity contribution in [2.45, 2.75) is 19.8 Å². The molecule has 0 aliphatic rings. The van der Waals surface area contributed by atoms with Crippen molar-refractivity contribution in [3.8, 4) is 0 Å². The van der Waals surface area contributed by atoms with E-state index in [4.69, 9.17) is 12.2 Å². The van der Waals surface area contributed by atoms with E-state index in [0.717, 1.165) is 5.56 Å². The summed E-state index contributed by atoms with van der Waals surface area (Å²) < 4.78 is 2.32. The van der Waals surface area contributed by atoms with E-state index in [1.807, 2.05) is 6.20 Å². The van der Waals surface area contributed by atoms with Crippen LogP contribution in [-0.2, 0) is 0 Å². The van der Waals surface area contributed by atoms with Gasteiger partial charge in [-0.25, -0.2) is 4.98 Å². The summed E-state index contributed by atoms with van der Waals surface area (Å²) in [7, 11) is 0. The Labute approximate surface area is 91.6 Å². The third-order valence-electron chi connectivity index (χ3n) is 2.22. The molecule has 0 fully saturated rings. The third-order valence-corrected chi connectivity index (χ3v) is 2.55. The molecule has 0 unspecified atom stereocenters. The van der Waals surface area contributed by atoms with Gasteiger partial charge in [0.25, 0.3) is 5.56 Å². The van der Waals surface area contributed by atoms with E-state index in [9.17, 15) is 4.79 Å². The third kappa shape index (κ3) is 1.83. The number of rotatable bonds is 1. The van der Waals surface area contributed by atoms with Crippen molar-refractivity contribution >= 4 is 18.0 Å². The quantitative estimate of drug-likeness (QED) is 0.748. The molecule has 1 N–H and O–H groups in total. The lowest BCUT2D eigenvalue weighted by molar-refractivity contribution is 0.830. The molecule has 15 heavy (non-hydrogen) atoms. The molecule has 2 aromatic rings. The molecule has 0 amide bonds. The molecule has 0 aliphatic heterocycles. The highest BCUT2D eigenvalue weighted by Crippen LogP contribution is 2.14. The lowest BCUT2D eigenvalue weighted by Gasteiger charge is -2.07. The molecule has 0 aliphatic carbocycles. The molecule has 0 atom stereocenters. The van der Waals surface area contributed by atoms with Crippen LogP contribution < -0.4 is 5.56 Å². The lowest BCUT2D eigenvalue weighted by atomic mass is 10.1. The van der Waals surface area contributed by atoms with Crippen LogP contribution in [0, 0.1) is 4.64 Å². The number of hydrogen-bond donors (Lipinski definition) is 1. The van der Waals surface area contributed by atoms with Crippen molar-refractivity contribution in [2.24, 2.45) is 0 Å². The Morgan fingerprint density at radius 2 is 2.27 bits per heavy atom. The van der Waals surface area contributed by atoms with Crippen LogP contribution in [0.1, 0.15) is 25.3 Å². The van der Waals surface area contributed by atoms with Gasteiger partial charge in [0.05, 0.1) is 0 Å². The standard InChI is InChI=1S/C10H11N3OS/c1-6(2)7-5-13-4-3-8(14)11-10(13)12-9(7)15/h3-6H,1-2H3,(H,11,12,14,15). The Kier molecular flexibility index (Phi) is 2.40. The van der Waals surface area contributed by atoms with Crippen LogP contribution in [0.25, 0.3) is 5.78 Å². The van der Waals surface area contributed by atoms with Gasteiger partial charge in [0.15, 0.2) is 0 Å². The highest BCUT2D eigenvalue weighted by atomic mass is 32.1. The molecule has 0 spiro atoms. The van der Waals surface area contributed by atoms with Crippen LogP contribution >= 0.6 is 12.2 Å². The zero-order valence-electron chi connectivity index (χ0n) is 8.52. The van der Waals surface area contributed by atoms with Crippen LogP contribution in [0.4, 0.5) is 0 Å². The largest absolute Gasteiger partial charge is 0.294 e. The Balaban J connectivity index is 2.82. The van der Waals surface area contributed by atoms with E-state index >= 15 is 0 Å². The highest BCUT2D eigenvalue weighted by molar-refractivity contribution is 7.71. The summed E-state index contributed by atoms with van der Waals surface area (Å²) in [5.74, 6) is 0.811. The molecule has 2 heterocycles. The van der Waals surface area contributed by atoms with Crippen molar-refractivity contribution in [3.05, 3.63) is 39.0 Å². The molecule has 0 saturated carbocycles. The average Bonchev–Trinajstić information content (AvgIpc) is 2.15. The number of H-pyrrole nitrogens is 1. The summed E-state index contributed by atoms with van der Waals surface area (Å²) in [5, 5.41) is 0.